The molecule has 0 fully saturated rings. The lowest BCUT2D eigenvalue weighted by atomic mass is 10.1. The number of hydrogen-bond donors (Lipinski definition) is 2. The number of ether oxygens (including phenoxy) is 1. The number of nitrogens with zero attached hydrogens (tertiary/aromatic N) is 1. The molecule has 5 heteroatoms. The number of fused-ring (bicyclic) bond motifs is 1. The van der Waals surface area contributed by atoms with Gasteiger partial charge < -0.3 is 15.8 Å². The highest BCUT2D eigenvalue weighted by Crippen LogP contribution is 2.30. The molecular weight excluding hydrogens is 318 g/mol. The summed E-state index contributed by atoms with van der Waals surface area (Å²) in [5.41, 5.74) is 8.77. The fraction of sp³-hybridized carbons (Fsp3) is 0.267. The van der Waals surface area contributed by atoms with Crippen LogP contribution in [-0.4, -0.2) is 17.6 Å². The summed E-state index contributed by atoms with van der Waals surface area (Å²) in [7, 11) is 0. The number of para-hydroxylation sites is 1. The van der Waals surface area contributed by atoms with E-state index in [1.165, 1.54) is 5.56 Å². The maximum atomic E-state index is 5.89. The van der Waals surface area contributed by atoms with Crippen LogP contribution in [0.15, 0.2) is 34.9 Å². The van der Waals surface area contributed by atoms with Crippen LogP contribution in [0.5, 0.6) is 5.75 Å². The van der Waals surface area contributed by atoms with Gasteiger partial charge in [-0.3, -0.25) is 0 Å². The summed E-state index contributed by atoms with van der Waals surface area (Å²) in [6.45, 7) is 2.68. The van der Waals surface area contributed by atoms with E-state index in [4.69, 9.17) is 10.5 Å². The van der Waals surface area contributed by atoms with E-state index >= 15 is 0 Å². The normalized spacial score (nSPS) is 16.6. The number of nitrogens with two attached hydrogens (primary N) is 1. The second-order valence-corrected chi connectivity index (χ2v) is 5.73. The molecule has 20 heavy (non-hydrogen) atoms. The fourth-order valence-electron chi connectivity index (χ4n) is 2.29. The van der Waals surface area contributed by atoms with Crippen molar-refractivity contribution in [3.8, 4) is 5.75 Å². The molecule has 0 saturated carbocycles. The first-order valence-electron chi connectivity index (χ1n) is 6.54. The minimum atomic E-state index is 0.138. The maximum Gasteiger partial charge on any atom is 0.140 e. The number of nitrogens with one attached hydrogen (secondary N) is 1. The quantitative estimate of drug-likeness (QED) is 0.905. The largest absolute Gasteiger partial charge is 0.488 e. The van der Waals surface area contributed by atoms with Gasteiger partial charge in [-0.05, 0) is 40.0 Å². The van der Waals surface area contributed by atoms with Crippen LogP contribution in [0.3, 0.4) is 0 Å². The van der Waals surface area contributed by atoms with Crippen LogP contribution < -0.4 is 15.8 Å². The Balaban J connectivity index is 1.66. The van der Waals surface area contributed by atoms with E-state index in [2.05, 4.69) is 32.3 Å². The molecule has 1 aromatic carbocycles. The smallest absolute Gasteiger partial charge is 0.140 e. The molecule has 0 radical (unpaired) electrons. The molecule has 3 rings (SSSR count). The van der Waals surface area contributed by atoms with Crippen molar-refractivity contribution in [1.29, 1.82) is 0 Å². The van der Waals surface area contributed by atoms with Crippen LogP contribution in [0, 0.1) is 6.92 Å². The third-order valence-corrected chi connectivity index (χ3v) is 4.48. The zero-order chi connectivity index (χ0) is 14.1. The predicted molar refractivity (Wildman–Crippen MR) is 84.1 cm³/mol. The predicted octanol–water partition coefficient (Wildman–Crippen LogP) is 3.15. The molecule has 2 aromatic rings. The van der Waals surface area contributed by atoms with Gasteiger partial charge in [0.1, 0.15) is 17.7 Å². The molecule has 2 heterocycles. The first-order valence-corrected chi connectivity index (χ1v) is 7.33. The van der Waals surface area contributed by atoms with Crippen molar-refractivity contribution in [2.24, 2.45) is 0 Å². The highest BCUT2D eigenvalue weighted by molar-refractivity contribution is 9.10. The molecule has 0 bridgehead atoms. The topological polar surface area (TPSA) is 60.2 Å². The number of rotatable bonds is 3. The number of benzene rings is 1. The van der Waals surface area contributed by atoms with Crippen LogP contribution in [-0.2, 0) is 6.42 Å². The van der Waals surface area contributed by atoms with Crippen molar-refractivity contribution in [2.75, 3.05) is 17.6 Å². The molecular formula is C15H16BrN3O. The SMILES string of the molecule is Cc1c(N)cnc(NCC2Cc3ccccc3O2)c1Br. The molecule has 1 aliphatic rings. The first-order chi connectivity index (χ1) is 9.65. The molecule has 104 valence electrons. The average Bonchev–Trinajstić information content (AvgIpc) is 2.87. The Morgan fingerprint density at radius 1 is 1.45 bits per heavy atom. The van der Waals surface area contributed by atoms with Crippen LogP contribution in [0.2, 0.25) is 0 Å². The number of aromatic nitrogens is 1. The van der Waals surface area contributed by atoms with Crippen molar-refractivity contribution < 1.29 is 4.74 Å². The minimum absolute atomic E-state index is 0.138. The van der Waals surface area contributed by atoms with E-state index in [0.29, 0.717) is 12.2 Å². The van der Waals surface area contributed by atoms with Gasteiger partial charge in [-0.25, -0.2) is 4.98 Å². The number of nitrogen functional groups attached to an aromatic ring is 1. The zero-order valence-corrected chi connectivity index (χ0v) is 12.8. The maximum absolute atomic E-state index is 5.89. The highest BCUT2D eigenvalue weighted by atomic mass is 79.9. The van der Waals surface area contributed by atoms with Gasteiger partial charge in [-0.15, -0.1) is 0 Å². The van der Waals surface area contributed by atoms with Gasteiger partial charge in [0.25, 0.3) is 0 Å². The van der Waals surface area contributed by atoms with Crippen LogP contribution in [0.1, 0.15) is 11.1 Å². The average molecular weight is 334 g/mol. The Kier molecular flexibility index (Phi) is 3.53. The van der Waals surface area contributed by atoms with Crippen LogP contribution in [0.4, 0.5) is 11.5 Å². The summed E-state index contributed by atoms with van der Waals surface area (Å²) in [6.07, 6.45) is 2.74. The number of halogens is 1. The monoisotopic (exact) mass is 333 g/mol. The van der Waals surface area contributed by atoms with Gasteiger partial charge in [-0.2, -0.15) is 0 Å². The van der Waals surface area contributed by atoms with Crippen molar-refractivity contribution in [3.63, 3.8) is 0 Å². The number of hydrogen-bond acceptors (Lipinski definition) is 4. The van der Waals surface area contributed by atoms with Crippen LogP contribution >= 0.6 is 15.9 Å². The van der Waals surface area contributed by atoms with Crippen LogP contribution in [0.25, 0.3) is 0 Å². The van der Waals surface area contributed by atoms with Gasteiger partial charge in [0, 0.05) is 6.42 Å². The van der Waals surface area contributed by atoms with E-state index in [9.17, 15) is 0 Å². The Hall–Kier alpha value is -1.75. The summed E-state index contributed by atoms with van der Waals surface area (Å²) in [5.74, 6) is 1.79. The summed E-state index contributed by atoms with van der Waals surface area (Å²) >= 11 is 3.52. The van der Waals surface area contributed by atoms with Crippen molar-refractivity contribution in [2.45, 2.75) is 19.4 Å². The molecule has 1 atom stereocenters. The van der Waals surface area contributed by atoms with Crippen molar-refractivity contribution in [3.05, 3.63) is 46.1 Å². The fourth-order valence-corrected chi connectivity index (χ4v) is 2.76. The lowest BCUT2D eigenvalue weighted by Crippen LogP contribution is -2.24. The molecule has 0 spiro atoms. The Morgan fingerprint density at radius 2 is 2.25 bits per heavy atom. The van der Waals surface area contributed by atoms with E-state index < -0.39 is 0 Å². The minimum Gasteiger partial charge on any atom is -0.488 e. The standard InChI is InChI=1S/C15H16BrN3O/c1-9-12(17)8-19-15(14(9)16)18-7-11-6-10-4-2-3-5-13(10)20-11/h2-5,8,11H,6-7,17H2,1H3,(H,18,19). The lowest BCUT2D eigenvalue weighted by molar-refractivity contribution is 0.246. The van der Waals surface area contributed by atoms with Gasteiger partial charge in [0.05, 0.1) is 22.9 Å². The number of anilines is 2. The summed E-state index contributed by atoms with van der Waals surface area (Å²) in [6, 6.07) is 8.16. The molecule has 0 aliphatic carbocycles. The third-order valence-electron chi connectivity index (χ3n) is 3.51. The first kappa shape index (κ1) is 13.2. The highest BCUT2D eigenvalue weighted by Gasteiger charge is 2.22. The molecule has 0 amide bonds. The zero-order valence-electron chi connectivity index (χ0n) is 11.2. The Morgan fingerprint density at radius 3 is 3.05 bits per heavy atom. The molecule has 1 aromatic heterocycles. The van der Waals surface area contributed by atoms with Gasteiger partial charge in [0.15, 0.2) is 0 Å². The second-order valence-electron chi connectivity index (χ2n) is 4.93. The van der Waals surface area contributed by atoms with Crippen molar-refractivity contribution >= 4 is 27.4 Å². The molecule has 0 saturated heterocycles. The van der Waals surface area contributed by atoms with E-state index in [1.807, 2.05) is 25.1 Å². The lowest BCUT2D eigenvalue weighted by Gasteiger charge is -2.14. The number of pyridine rings is 1. The van der Waals surface area contributed by atoms with E-state index in [1.54, 1.807) is 6.20 Å². The summed E-state index contributed by atoms with van der Waals surface area (Å²) in [5, 5.41) is 3.32. The van der Waals surface area contributed by atoms with E-state index in [0.717, 1.165) is 28.0 Å². The molecule has 4 nitrogen and oxygen atoms in total. The summed E-state index contributed by atoms with van der Waals surface area (Å²) in [4.78, 5) is 4.31. The van der Waals surface area contributed by atoms with Gasteiger partial charge in [0.2, 0.25) is 0 Å². The molecule has 1 aliphatic heterocycles. The molecule has 3 N–H and O–H groups in total. The molecule has 1 unspecified atom stereocenters. The second kappa shape index (κ2) is 5.32. The third kappa shape index (κ3) is 2.45. The van der Waals surface area contributed by atoms with E-state index in [-0.39, 0.29) is 6.10 Å². The Labute approximate surface area is 126 Å². The van der Waals surface area contributed by atoms with Gasteiger partial charge >= 0.3 is 0 Å². The summed E-state index contributed by atoms with van der Waals surface area (Å²) < 4.78 is 6.80. The van der Waals surface area contributed by atoms with Crippen molar-refractivity contribution in [1.82, 2.24) is 4.98 Å². The Bertz CT molecular complexity index is 620. The van der Waals surface area contributed by atoms with Gasteiger partial charge in [-0.1, -0.05) is 18.2 Å².